The van der Waals surface area contributed by atoms with Crippen LogP contribution >= 0.6 is 0 Å². The Morgan fingerprint density at radius 3 is 2.68 bits per heavy atom. The Balaban J connectivity index is 2.13. The highest BCUT2D eigenvalue weighted by Crippen LogP contribution is 2.23. The predicted molar refractivity (Wildman–Crippen MR) is 72.9 cm³/mol. The summed E-state index contributed by atoms with van der Waals surface area (Å²) >= 11 is 0. The van der Waals surface area contributed by atoms with E-state index in [9.17, 15) is 22.8 Å². The van der Waals surface area contributed by atoms with Gasteiger partial charge >= 0.3 is 6.18 Å². The number of hydrogen-bond acceptors (Lipinski definition) is 2. The number of piperazine rings is 1. The SMILES string of the molecule is Cc1cc(C(=O)C[NH+]2CCNC(=O)C2)c(C)n1CC(F)(F)F. The number of hydrogen-bond donors (Lipinski definition) is 2. The lowest BCUT2D eigenvalue weighted by Crippen LogP contribution is -3.16. The summed E-state index contributed by atoms with van der Waals surface area (Å²) in [6.45, 7) is 3.45. The van der Waals surface area contributed by atoms with Gasteiger partial charge in [-0.2, -0.15) is 13.2 Å². The van der Waals surface area contributed by atoms with Gasteiger partial charge in [-0.25, -0.2) is 0 Å². The first-order valence-electron chi connectivity index (χ1n) is 7.04. The van der Waals surface area contributed by atoms with Gasteiger partial charge in [0.15, 0.2) is 6.54 Å². The van der Waals surface area contributed by atoms with Crippen LogP contribution in [-0.2, 0) is 11.3 Å². The summed E-state index contributed by atoms with van der Waals surface area (Å²) in [6, 6.07) is 1.49. The molecule has 0 saturated carbocycles. The maximum absolute atomic E-state index is 12.6. The van der Waals surface area contributed by atoms with Crippen molar-refractivity contribution in [1.82, 2.24) is 9.88 Å². The third kappa shape index (κ3) is 3.88. The number of alkyl halides is 3. The molecule has 1 aromatic rings. The van der Waals surface area contributed by atoms with E-state index in [2.05, 4.69) is 5.32 Å². The van der Waals surface area contributed by atoms with Gasteiger partial charge in [-0.05, 0) is 19.9 Å². The third-order valence-corrected chi connectivity index (χ3v) is 3.83. The van der Waals surface area contributed by atoms with Gasteiger partial charge in [0.1, 0.15) is 13.1 Å². The van der Waals surface area contributed by atoms with Crippen molar-refractivity contribution < 1.29 is 27.7 Å². The second-order valence-corrected chi connectivity index (χ2v) is 5.61. The second-order valence-electron chi connectivity index (χ2n) is 5.61. The number of halogens is 3. The number of aryl methyl sites for hydroxylation is 1. The maximum atomic E-state index is 12.6. The number of Topliss-reactive ketones (excluding diaryl/α,β-unsaturated/α-hetero) is 1. The van der Waals surface area contributed by atoms with Crippen molar-refractivity contribution in [3.05, 3.63) is 23.0 Å². The van der Waals surface area contributed by atoms with E-state index in [1.54, 1.807) is 6.92 Å². The van der Waals surface area contributed by atoms with Crippen LogP contribution in [0.4, 0.5) is 13.2 Å². The molecule has 1 atom stereocenters. The zero-order valence-electron chi connectivity index (χ0n) is 12.5. The summed E-state index contributed by atoms with van der Waals surface area (Å²) in [5.74, 6) is -0.345. The fraction of sp³-hybridized carbons (Fsp3) is 0.571. The van der Waals surface area contributed by atoms with E-state index in [4.69, 9.17) is 0 Å². The molecule has 1 amide bonds. The highest BCUT2D eigenvalue weighted by atomic mass is 19.4. The predicted octanol–water partition coefficient (Wildman–Crippen LogP) is -0.135. The fourth-order valence-electron chi connectivity index (χ4n) is 2.74. The molecule has 2 N–H and O–H groups in total. The standard InChI is InChI=1S/C14H18F3N3O2/c1-9-5-11(10(2)20(9)8-14(15,16)17)12(21)6-19-4-3-18-13(22)7-19/h5H,3-4,6-8H2,1-2H3,(H,18,22)/p+1. The smallest absolute Gasteiger partial charge is 0.346 e. The number of aromatic nitrogens is 1. The number of nitrogens with zero attached hydrogens (tertiary/aromatic N) is 1. The van der Waals surface area contributed by atoms with E-state index in [1.165, 1.54) is 13.0 Å². The minimum absolute atomic E-state index is 0.114. The number of quaternary nitrogens is 1. The van der Waals surface area contributed by atoms with Crippen molar-refractivity contribution >= 4 is 11.7 Å². The first kappa shape index (κ1) is 16.5. The summed E-state index contributed by atoms with van der Waals surface area (Å²) in [4.78, 5) is 24.5. The summed E-state index contributed by atoms with van der Waals surface area (Å²) in [6.07, 6.45) is -4.33. The minimum atomic E-state index is -4.33. The second kappa shape index (κ2) is 6.12. The summed E-state index contributed by atoms with van der Waals surface area (Å²) in [7, 11) is 0. The minimum Gasteiger partial charge on any atom is -0.346 e. The van der Waals surface area contributed by atoms with E-state index in [-0.39, 0.29) is 24.8 Å². The van der Waals surface area contributed by atoms with Crippen LogP contribution in [0.15, 0.2) is 6.07 Å². The topological polar surface area (TPSA) is 55.5 Å². The Kier molecular flexibility index (Phi) is 4.60. The van der Waals surface area contributed by atoms with Crippen LogP contribution in [-0.4, -0.2) is 48.6 Å². The first-order valence-corrected chi connectivity index (χ1v) is 7.04. The molecule has 1 unspecified atom stereocenters. The summed E-state index contributed by atoms with van der Waals surface area (Å²) in [5, 5.41) is 2.68. The molecule has 22 heavy (non-hydrogen) atoms. The lowest BCUT2D eigenvalue weighted by molar-refractivity contribution is -0.884. The molecule has 5 nitrogen and oxygen atoms in total. The quantitative estimate of drug-likeness (QED) is 0.760. The van der Waals surface area contributed by atoms with Gasteiger partial charge in [0.05, 0.1) is 13.1 Å². The lowest BCUT2D eigenvalue weighted by atomic mass is 10.1. The average Bonchev–Trinajstić information content (AvgIpc) is 2.65. The summed E-state index contributed by atoms with van der Waals surface area (Å²) in [5.41, 5.74) is 1.03. The average molecular weight is 318 g/mol. The fourth-order valence-corrected chi connectivity index (χ4v) is 2.74. The molecule has 0 bridgehead atoms. The van der Waals surface area contributed by atoms with Crippen LogP contribution in [0.25, 0.3) is 0 Å². The Morgan fingerprint density at radius 1 is 1.41 bits per heavy atom. The molecule has 1 fully saturated rings. The van der Waals surface area contributed by atoms with Crippen LogP contribution in [0.5, 0.6) is 0 Å². The van der Waals surface area contributed by atoms with Crippen molar-refractivity contribution in [3.8, 4) is 0 Å². The highest BCUT2D eigenvalue weighted by Gasteiger charge is 2.31. The normalized spacial score (nSPS) is 19.1. The van der Waals surface area contributed by atoms with E-state index in [0.717, 1.165) is 9.47 Å². The molecule has 1 aliphatic rings. The van der Waals surface area contributed by atoms with Gasteiger partial charge in [0, 0.05) is 17.0 Å². The molecule has 1 aromatic heterocycles. The van der Waals surface area contributed by atoms with Crippen molar-refractivity contribution in [2.45, 2.75) is 26.6 Å². The van der Waals surface area contributed by atoms with Crippen LogP contribution in [0, 0.1) is 13.8 Å². The Morgan fingerprint density at radius 2 is 2.09 bits per heavy atom. The van der Waals surface area contributed by atoms with E-state index >= 15 is 0 Å². The molecule has 1 aliphatic heterocycles. The number of carbonyl (C=O) groups is 2. The zero-order valence-corrected chi connectivity index (χ0v) is 12.5. The molecular weight excluding hydrogens is 299 g/mol. The van der Waals surface area contributed by atoms with Crippen molar-refractivity contribution in [2.24, 2.45) is 0 Å². The van der Waals surface area contributed by atoms with Gasteiger partial charge in [-0.1, -0.05) is 0 Å². The zero-order chi connectivity index (χ0) is 16.5. The first-order chi connectivity index (χ1) is 10.2. The monoisotopic (exact) mass is 318 g/mol. The highest BCUT2D eigenvalue weighted by molar-refractivity contribution is 5.98. The molecule has 1 saturated heterocycles. The number of amides is 1. The molecule has 2 rings (SSSR count). The molecule has 122 valence electrons. The molecule has 0 spiro atoms. The molecule has 8 heteroatoms. The van der Waals surface area contributed by atoms with Crippen LogP contribution in [0.2, 0.25) is 0 Å². The third-order valence-electron chi connectivity index (χ3n) is 3.83. The summed E-state index contributed by atoms with van der Waals surface area (Å²) < 4.78 is 38.8. The van der Waals surface area contributed by atoms with E-state index in [1.807, 2.05) is 0 Å². The number of carbonyl (C=O) groups excluding carboxylic acids is 2. The number of nitrogens with one attached hydrogen (secondary N) is 2. The van der Waals surface area contributed by atoms with Crippen LogP contribution in [0.1, 0.15) is 21.7 Å². The van der Waals surface area contributed by atoms with Crippen molar-refractivity contribution in [3.63, 3.8) is 0 Å². The molecule has 0 radical (unpaired) electrons. The van der Waals surface area contributed by atoms with E-state index in [0.29, 0.717) is 30.0 Å². The van der Waals surface area contributed by atoms with Crippen LogP contribution < -0.4 is 10.2 Å². The van der Waals surface area contributed by atoms with Gasteiger partial charge in [-0.15, -0.1) is 0 Å². The van der Waals surface area contributed by atoms with Crippen molar-refractivity contribution in [2.75, 3.05) is 26.2 Å². The Bertz CT molecular complexity index is 593. The van der Waals surface area contributed by atoms with Crippen LogP contribution in [0.3, 0.4) is 0 Å². The number of rotatable bonds is 4. The van der Waals surface area contributed by atoms with E-state index < -0.39 is 12.7 Å². The van der Waals surface area contributed by atoms with Crippen molar-refractivity contribution in [1.29, 1.82) is 0 Å². The molecule has 2 heterocycles. The lowest BCUT2D eigenvalue weighted by Gasteiger charge is -2.22. The van der Waals surface area contributed by atoms with Gasteiger partial charge in [0.2, 0.25) is 5.78 Å². The van der Waals surface area contributed by atoms with Gasteiger partial charge in [-0.3, -0.25) is 9.59 Å². The largest absolute Gasteiger partial charge is 0.406 e. The maximum Gasteiger partial charge on any atom is 0.406 e. The van der Waals surface area contributed by atoms with Gasteiger partial charge in [0.25, 0.3) is 5.91 Å². The Labute approximate surface area is 126 Å². The Hall–Kier alpha value is -1.83. The van der Waals surface area contributed by atoms with Gasteiger partial charge < -0.3 is 14.8 Å². The molecular formula is C14H19F3N3O2+. The number of ketones is 1. The molecule has 0 aliphatic carbocycles. The molecule has 0 aromatic carbocycles.